The average molecular weight is 618 g/mol. The summed E-state index contributed by atoms with van der Waals surface area (Å²) in [5, 5.41) is 4.48. The minimum absolute atomic E-state index is 0.611. The van der Waals surface area contributed by atoms with E-state index in [1.54, 1.807) is 6.08 Å². The first-order valence-electron chi connectivity index (χ1n) is 16.0. The molecule has 0 unspecified atom stereocenters. The van der Waals surface area contributed by atoms with Crippen LogP contribution in [0.5, 0.6) is 0 Å². The third-order valence-corrected chi connectivity index (χ3v) is 8.58. The highest BCUT2D eigenvalue weighted by molar-refractivity contribution is 6.12. The Balaban J connectivity index is 1.30. The molecule has 0 fully saturated rings. The van der Waals surface area contributed by atoms with Crippen molar-refractivity contribution in [1.29, 1.82) is 0 Å². The largest absolute Gasteiger partial charge is 0.456 e. The molecular weight excluding hydrogens is 587 g/mol. The molecule has 228 valence electrons. The van der Waals surface area contributed by atoms with Crippen molar-refractivity contribution in [3.8, 4) is 45.3 Å². The summed E-state index contributed by atoms with van der Waals surface area (Å²) in [6, 6.07) is 45.9. The zero-order valence-electron chi connectivity index (χ0n) is 26.3. The number of benzene rings is 6. The third kappa shape index (κ3) is 5.61. The lowest BCUT2D eigenvalue weighted by Gasteiger charge is -2.13. The Morgan fingerprint density at radius 1 is 0.521 bits per heavy atom. The lowest BCUT2D eigenvalue weighted by atomic mass is 9.97. The average Bonchev–Trinajstić information content (AvgIpc) is 3.53. The van der Waals surface area contributed by atoms with Crippen LogP contribution in [0.4, 0.5) is 0 Å². The molecule has 0 saturated carbocycles. The van der Waals surface area contributed by atoms with E-state index in [4.69, 9.17) is 19.4 Å². The summed E-state index contributed by atoms with van der Waals surface area (Å²) in [6.45, 7) is 3.77. The SMILES string of the molecule is C=C/C=C\C=C/Cc1ccc2oc3ccccc3c2c1-c1nc(-c2ccccc2)nc(-c2ccc(-c3ccc4ccccc4c3)cc2)n1. The van der Waals surface area contributed by atoms with Gasteiger partial charge in [0.25, 0.3) is 0 Å². The Bertz CT molecular complexity index is 2490. The van der Waals surface area contributed by atoms with Crippen LogP contribution in [-0.4, -0.2) is 15.0 Å². The topological polar surface area (TPSA) is 51.8 Å². The van der Waals surface area contributed by atoms with Crippen molar-refractivity contribution in [2.75, 3.05) is 0 Å². The smallest absolute Gasteiger partial charge is 0.165 e. The second-order valence-electron chi connectivity index (χ2n) is 11.6. The number of hydrogen-bond acceptors (Lipinski definition) is 4. The van der Waals surface area contributed by atoms with Crippen LogP contribution in [-0.2, 0) is 6.42 Å². The van der Waals surface area contributed by atoms with Gasteiger partial charge in [-0.15, -0.1) is 0 Å². The predicted octanol–water partition coefficient (Wildman–Crippen LogP) is 11.4. The molecule has 0 N–H and O–H groups in total. The van der Waals surface area contributed by atoms with Gasteiger partial charge in [0.05, 0.1) is 0 Å². The lowest BCUT2D eigenvalue weighted by Crippen LogP contribution is -2.02. The van der Waals surface area contributed by atoms with Gasteiger partial charge in [-0.2, -0.15) is 0 Å². The summed E-state index contributed by atoms with van der Waals surface area (Å²) >= 11 is 0. The molecule has 0 radical (unpaired) electrons. The fourth-order valence-electron chi connectivity index (χ4n) is 6.22. The molecule has 8 rings (SSSR count). The molecule has 0 spiro atoms. The van der Waals surface area contributed by atoms with E-state index in [1.807, 2.05) is 72.8 Å². The molecule has 48 heavy (non-hydrogen) atoms. The van der Waals surface area contributed by atoms with Gasteiger partial charge in [-0.25, -0.2) is 15.0 Å². The summed E-state index contributed by atoms with van der Waals surface area (Å²) in [6.07, 6.45) is 10.5. The molecule has 2 heterocycles. The van der Waals surface area contributed by atoms with Gasteiger partial charge >= 0.3 is 0 Å². The number of furan rings is 1. The van der Waals surface area contributed by atoms with Gasteiger partial charge in [-0.1, -0.05) is 152 Å². The predicted molar refractivity (Wildman–Crippen MR) is 199 cm³/mol. The van der Waals surface area contributed by atoms with Gasteiger partial charge in [-0.05, 0) is 52.1 Å². The first kappa shape index (κ1) is 29.0. The number of fused-ring (bicyclic) bond motifs is 4. The van der Waals surface area contributed by atoms with Crippen LogP contribution in [0.25, 0.3) is 78.0 Å². The molecule has 4 heteroatoms. The third-order valence-electron chi connectivity index (χ3n) is 8.58. The summed E-state index contributed by atoms with van der Waals surface area (Å²) in [5.74, 6) is 1.85. The van der Waals surface area contributed by atoms with Gasteiger partial charge in [0.2, 0.25) is 0 Å². The van der Waals surface area contributed by atoms with Crippen LogP contribution in [0.2, 0.25) is 0 Å². The number of rotatable bonds is 8. The van der Waals surface area contributed by atoms with E-state index in [9.17, 15) is 0 Å². The van der Waals surface area contributed by atoms with Crippen LogP contribution in [0, 0.1) is 0 Å². The second kappa shape index (κ2) is 12.8. The lowest BCUT2D eigenvalue weighted by molar-refractivity contribution is 0.669. The highest BCUT2D eigenvalue weighted by Gasteiger charge is 2.20. The van der Waals surface area contributed by atoms with E-state index in [1.165, 1.54) is 16.3 Å². The molecule has 0 bridgehead atoms. The summed E-state index contributed by atoms with van der Waals surface area (Å²) < 4.78 is 6.33. The van der Waals surface area contributed by atoms with Gasteiger partial charge < -0.3 is 4.42 Å². The Morgan fingerprint density at radius 2 is 1.19 bits per heavy atom. The van der Waals surface area contributed by atoms with Gasteiger partial charge in [0.15, 0.2) is 17.5 Å². The van der Waals surface area contributed by atoms with Crippen LogP contribution in [0.1, 0.15) is 5.56 Å². The van der Waals surface area contributed by atoms with Crippen LogP contribution in [0.3, 0.4) is 0 Å². The quantitative estimate of drug-likeness (QED) is 0.159. The van der Waals surface area contributed by atoms with Crippen molar-refractivity contribution in [3.05, 3.63) is 176 Å². The molecule has 0 aliphatic carbocycles. The number of para-hydroxylation sites is 1. The van der Waals surface area contributed by atoms with E-state index in [-0.39, 0.29) is 0 Å². The van der Waals surface area contributed by atoms with Gasteiger partial charge in [-0.3, -0.25) is 0 Å². The van der Waals surface area contributed by atoms with Crippen molar-refractivity contribution in [3.63, 3.8) is 0 Å². The molecule has 0 aliphatic rings. The highest BCUT2D eigenvalue weighted by Crippen LogP contribution is 2.39. The zero-order valence-corrected chi connectivity index (χ0v) is 26.3. The van der Waals surface area contributed by atoms with E-state index in [0.717, 1.165) is 49.8 Å². The maximum Gasteiger partial charge on any atom is 0.165 e. The first-order valence-corrected chi connectivity index (χ1v) is 16.0. The maximum atomic E-state index is 6.33. The molecule has 0 saturated heterocycles. The van der Waals surface area contributed by atoms with Crippen molar-refractivity contribution in [2.24, 2.45) is 0 Å². The summed E-state index contributed by atoms with van der Waals surface area (Å²) in [7, 11) is 0. The molecule has 6 aromatic carbocycles. The normalized spacial score (nSPS) is 11.8. The molecule has 8 aromatic rings. The molecule has 0 atom stereocenters. The number of hydrogen-bond donors (Lipinski definition) is 0. The van der Waals surface area contributed by atoms with Crippen LogP contribution >= 0.6 is 0 Å². The van der Waals surface area contributed by atoms with E-state index in [0.29, 0.717) is 23.9 Å². The number of aromatic nitrogens is 3. The maximum absolute atomic E-state index is 6.33. The standard InChI is InChI=1S/C44H31N3O/c1-2-3-4-5-7-15-32-27-28-39-41(37-19-12-13-20-38(37)48-39)40(32)44-46-42(33-16-8-6-9-17-33)45-43(47-44)34-24-21-31(22-25-34)36-26-23-30-14-10-11-18-35(30)29-36/h2-14,16-29H,1,15H2/b4-3-,7-5-. The zero-order chi connectivity index (χ0) is 32.3. The molecular formula is C44H31N3O. The monoisotopic (exact) mass is 617 g/mol. The Kier molecular flexibility index (Phi) is 7.73. The van der Waals surface area contributed by atoms with Crippen LogP contribution in [0.15, 0.2) is 175 Å². The van der Waals surface area contributed by atoms with Gasteiger partial charge in [0.1, 0.15) is 11.2 Å². The highest BCUT2D eigenvalue weighted by atomic mass is 16.3. The molecule has 2 aromatic heterocycles. The fourth-order valence-corrected chi connectivity index (χ4v) is 6.22. The number of allylic oxidation sites excluding steroid dienone is 5. The minimum atomic E-state index is 0.611. The molecule has 0 aliphatic heterocycles. The molecule has 0 amide bonds. The summed E-state index contributed by atoms with van der Waals surface area (Å²) in [4.78, 5) is 15.3. The second-order valence-corrected chi connectivity index (χ2v) is 11.6. The van der Waals surface area contributed by atoms with Crippen molar-refractivity contribution < 1.29 is 4.42 Å². The van der Waals surface area contributed by atoms with Crippen molar-refractivity contribution in [1.82, 2.24) is 15.0 Å². The van der Waals surface area contributed by atoms with E-state index in [2.05, 4.69) is 91.5 Å². The van der Waals surface area contributed by atoms with Crippen molar-refractivity contribution in [2.45, 2.75) is 6.42 Å². The fraction of sp³-hybridized carbons (Fsp3) is 0.0227. The van der Waals surface area contributed by atoms with Gasteiger partial charge in [0, 0.05) is 27.5 Å². The molecule has 4 nitrogen and oxygen atoms in total. The minimum Gasteiger partial charge on any atom is -0.456 e. The first-order chi connectivity index (χ1) is 23.7. The Morgan fingerprint density at radius 3 is 2.00 bits per heavy atom. The number of nitrogens with zero attached hydrogens (tertiary/aromatic N) is 3. The Labute approximate surface area is 279 Å². The van der Waals surface area contributed by atoms with E-state index >= 15 is 0 Å². The Hall–Kier alpha value is -6.39. The summed E-state index contributed by atoms with van der Waals surface area (Å²) in [5.41, 5.74) is 7.82. The van der Waals surface area contributed by atoms with Crippen LogP contribution < -0.4 is 0 Å². The van der Waals surface area contributed by atoms with Crippen molar-refractivity contribution >= 4 is 32.7 Å². The van der Waals surface area contributed by atoms with E-state index < -0.39 is 0 Å².